The van der Waals surface area contributed by atoms with Gasteiger partial charge in [0, 0.05) is 18.3 Å². The van der Waals surface area contributed by atoms with E-state index in [4.69, 9.17) is 5.73 Å². The Kier molecular flexibility index (Phi) is 6.23. The van der Waals surface area contributed by atoms with Crippen molar-refractivity contribution < 1.29 is 18.0 Å². The minimum Gasteiger partial charge on any atom is -0.351 e. The van der Waals surface area contributed by atoms with Crippen LogP contribution in [0.15, 0.2) is 42.6 Å². The van der Waals surface area contributed by atoms with E-state index in [-0.39, 0.29) is 18.3 Å². The van der Waals surface area contributed by atoms with Crippen molar-refractivity contribution >= 4 is 21.1 Å². The van der Waals surface area contributed by atoms with Gasteiger partial charge in [0.15, 0.2) is 11.6 Å². The number of carbonyl (C=O) groups excluding carboxylic acids is 1. The molecule has 1 aromatic carbocycles. The third-order valence-electron chi connectivity index (χ3n) is 5.29. The molecule has 8 heteroatoms. The quantitative estimate of drug-likeness (QED) is 0.707. The van der Waals surface area contributed by atoms with Crippen LogP contribution in [-0.2, 0) is 5.66 Å². The summed E-state index contributed by atoms with van der Waals surface area (Å²) in [4.78, 5) is 16.7. The van der Waals surface area contributed by atoms with Gasteiger partial charge >= 0.3 is 6.03 Å². The Morgan fingerprint density at radius 3 is 2.39 bits per heavy atom. The number of pyridine rings is 1. The molecular formula is C20H23F3N3OP. The summed E-state index contributed by atoms with van der Waals surface area (Å²) in [5.41, 5.74) is 2.86. The third-order valence-corrected chi connectivity index (χ3v) is 5.62. The van der Waals surface area contributed by atoms with Gasteiger partial charge in [-0.05, 0) is 49.1 Å². The van der Waals surface area contributed by atoms with E-state index in [9.17, 15) is 18.0 Å². The lowest BCUT2D eigenvalue weighted by Crippen LogP contribution is -2.41. The number of carbonyl (C=O) groups is 1. The first kappa shape index (κ1) is 20.6. The number of nitrogens with two attached hydrogens (primary N) is 1. The van der Waals surface area contributed by atoms with Crippen LogP contribution in [0.3, 0.4) is 0 Å². The smallest absolute Gasteiger partial charge is 0.320 e. The third kappa shape index (κ3) is 4.82. The fourth-order valence-electron chi connectivity index (χ4n) is 3.75. The lowest BCUT2D eigenvalue weighted by molar-refractivity contribution is 0.103. The topological polar surface area (TPSA) is 59.2 Å². The predicted molar refractivity (Wildman–Crippen MR) is 106 cm³/mol. The molecule has 1 aromatic heterocycles. The maximum atomic E-state index is 14.4. The van der Waals surface area contributed by atoms with Crippen LogP contribution >= 0.6 is 9.24 Å². The van der Waals surface area contributed by atoms with E-state index in [0.29, 0.717) is 12.0 Å². The number of rotatable bonds is 5. The number of nitrogens with zero attached hydrogens (tertiary/aromatic N) is 2. The monoisotopic (exact) mass is 409 g/mol. The number of benzene rings is 1. The molecular weight excluding hydrogens is 386 g/mol. The molecule has 0 saturated heterocycles. The van der Waals surface area contributed by atoms with Gasteiger partial charge in [-0.1, -0.05) is 39.6 Å². The fraction of sp³-hybridized carbons (Fsp3) is 0.400. The van der Waals surface area contributed by atoms with E-state index in [2.05, 4.69) is 17.1 Å². The second kappa shape index (κ2) is 8.48. The zero-order valence-electron chi connectivity index (χ0n) is 15.3. The maximum absolute atomic E-state index is 14.4. The normalized spacial score (nSPS) is 20.0. The van der Waals surface area contributed by atoms with Crippen LogP contribution in [0.4, 0.5) is 23.8 Å². The maximum Gasteiger partial charge on any atom is 0.320 e. The molecule has 1 aliphatic carbocycles. The zero-order valence-corrected chi connectivity index (χ0v) is 16.5. The Labute approximate surface area is 164 Å². The van der Waals surface area contributed by atoms with Crippen molar-refractivity contribution in [3.8, 4) is 0 Å². The zero-order chi connectivity index (χ0) is 20.3. The predicted octanol–water partition coefficient (Wildman–Crippen LogP) is 5.00. The molecule has 0 bridgehead atoms. The molecule has 0 aliphatic heterocycles. The molecule has 2 amide bonds. The molecule has 4 nitrogen and oxygen atoms in total. The van der Waals surface area contributed by atoms with Crippen LogP contribution in [0.2, 0.25) is 0 Å². The van der Waals surface area contributed by atoms with Crippen molar-refractivity contribution in [2.45, 2.75) is 37.3 Å². The van der Waals surface area contributed by atoms with Crippen LogP contribution in [0.25, 0.3) is 0 Å². The molecule has 0 radical (unpaired) electrons. The highest BCUT2D eigenvalue weighted by molar-refractivity contribution is 7.17. The minimum absolute atomic E-state index is 0.150. The largest absolute Gasteiger partial charge is 0.351 e. The molecule has 150 valence electrons. The van der Waals surface area contributed by atoms with Gasteiger partial charge in [-0.25, -0.2) is 14.2 Å². The first-order chi connectivity index (χ1) is 13.3. The number of alkyl halides is 2. The highest BCUT2D eigenvalue weighted by Gasteiger charge is 2.30. The molecule has 1 unspecified atom stereocenters. The molecule has 1 atom stereocenters. The number of amides is 2. The van der Waals surface area contributed by atoms with Crippen molar-refractivity contribution in [3.63, 3.8) is 0 Å². The summed E-state index contributed by atoms with van der Waals surface area (Å²) in [5, 5.41) is 0. The molecule has 3 rings (SSSR count). The Morgan fingerprint density at radius 1 is 1.21 bits per heavy atom. The van der Waals surface area contributed by atoms with Gasteiger partial charge in [0.05, 0.1) is 0 Å². The van der Waals surface area contributed by atoms with Gasteiger partial charge in [-0.15, -0.1) is 0 Å². The molecule has 1 heterocycles. The van der Waals surface area contributed by atoms with Crippen molar-refractivity contribution in [2.24, 2.45) is 11.7 Å². The van der Waals surface area contributed by atoms with Crippen LogP contribution < -0.4 is 10.6 Å². The lowest BCUT2D eigenvalue weighted by Gasteiger charge is -2.32. The van der Waals surface area contributed by atoms with E-state index in [1.165, 1.54) is 14.8 Å². The molecule has 1 fully saturated rings. The molecule has 1 saturated carbocycles. The summed E-state index contributed by atoms with van der Waals surface area (Å²) in [6.07, 6.45) is 4.54. The Balaban J connectivity index is 1.69. The van der Waals surface area contributed by atoms with E-state index in [0.717, 1.165) is 36.8 Å². The summed E-state index contributed by atoms with van der Waals surface area (Å²) < 4.78 is 41.0. The highest BCUT2D eigenvalue weighted by atomic mass is 31.0. The van der Waals surface area contributed by atoms with Gasteiger partial charge in [0.25, 0.3) is 5.66 Å². The average Bonchev–Trinajstić information content (AvgIpc) is 2.66. The summed E-state index contributed by atoms with van der Waals surface area (Å²) in [7, 11) is 1.34. The van der Waals surface area contributed by atoms with Crippen molar-refractivity contribution in [1.82, 2.24) is 4.98 Å². The number of primary amides is 1. The van der Waals surface area contributed by atoms with E-state index < -0.39 is 23.1 Å². The van der Waals surface area contributed by atoms with Crippen LogP contribution in [0.1, 0.15) is 42.7 Å². The standard InChI is InChI=1S/C20H23F3N3OP/c21-17-10-16(20(22,23)28)11-25-18(17)26(19(24)27)12-13-6-8-15(9-7-13)14-4-2-1-3-5-14/h1-5,10-11,13,15H,6-9,12,28H2,(H2,24,27). The number of halogens is 3. The molecule has 2 aromatic rings. The number of anilines is 1. The number of hydrogen-bond donors (Lipinski definition) is 1. The van der Waals surface area contributed by atoms with Crippen LogP contribution in [0.5, 0.6) is 0 Å². The SMILES string of the molecule is NC(=O)N(CC1CCC(c2ccccc2)CC1)c1ncc(C(F)(F)P)cc1F. The number of aromatic nitrogens is 1. The van der Waals surface area contributed by atoms with Gasteiger partial charge in [-0.2, -0.15) is 8.78 Å². The van der Waals surface area contributed by atoms with Gasteiger partial charge in [-0.3, -0.25) is 4.90 Å². The highest BCUT2D eigenvalue weighted by Crippen LogP contribution is 2.38. The van der Waals surface area contributed by atoms with Gasteiger partial charge < -0.3 is 5.73 Å². The van der Waals surface area contributed by atoms with Crippen molar-refractivity contribution in [2.75, 3.05) is 11.4 Å². The van der Waals surface area contributed by atoms with E-state index in [1.54, 1.807) is 0 Å². The number of urea groups is 1. The molecule has 2 N–H and O–H groups in total. The first-order valence-corrected chi connectivity index (χ1v) is 9.78. The summed E-state index contributed by atoms with van der Waals surface area (Å²) in [5.74, 6) is -0.679. The van der Waals surface area contributed by atoms with E-state index >= 15 is 0 Å². The van der Waals surface area contributed by atoms with E-state index in [1.807, 2.05) is 18.2 Å². The number of hydrogen-bond acceptors (Lipinski definition) is 2. The summed E-state index contributed by atoms with van der Waals surface area (Å²) in [6.45, 7) is 0.220. The second-order valence-electron chi connectivity index (χ2n) is 7.23. The van der Waals surface area contributed by atoms with Crippen molar-refractivity contribution in [3.05, 3.63) is 59.5 Å². The first-order valence-electron chi connectivity index (χ1n) is 9.20. The average molecular weight is 409 g/mol. The molecule has 0 spiro atoms. The van der Waals surface area contributed by atoms with Crippen LogP contribution in [-0.4, -0.2) is 17.6 Å². The Bertz CT molecular complexity index is 821. The fourth-order valence-corrected chi connectivity index (χ4v) is 3.91. The second-order valence-corrected chi connectivity index (χ2v) is 7.95. The van der Waals surface area contributed by atoms with Crippen molar-refractivity contribution in [1.29, 1.82) is 0 Å². The summed E-state index contributed by atoms with van der Waals surface area (Å²) in [6, 6.07) is 10.1. The van der Waals surface area contributed by atoms with Crippen LogP contribution in [0, 0.1) is 11.7 Å². The van der Waals surface area contributed by atoms with Gasteiger partial charge in [0.1, 0.15) is 0 Å². The minimum atomic E-state index is -3.29. The summed E-state index contributed by atoms with van der Waals surface area (Å²) >= 11 is 0. The Morgan fingerprint density at radius 2 is 1.86 bits per heavy atom. The van der Waals surface area contributed by atoms with Gasteiger partial charge in [0.2, 0.25) is 0 Å². The molecule has 28 heavy (non-hydrogen) atoms. The lowest BCUT2D eigenvalue weighted by atomic mass is 9.78. The molecule has 1 aliphatic rings. The Hall–Kier alpha value is -2.14.